The van der Waals surface area contributed by atoms with Gasteiger partial charge in [-0.2, -0.15) is 0 Å². The number of ether oxygens (including phenoxy) is 1. The van der Waals surface area contributed by atoms with Gasteiger partial charge in [0, 0.05) is 24.0 Å². The Morgan fingerprint density at radius 1 is 1.04 bits per heavy atom. The molecule has 0 bridgehead atoms. The molecule has 0 atom stereocenters. The fraction of sp³-hybridized carbons (Fsp3) is 0.0500. The van der Waals surface area contributed by atoms with Crippen LogP contribution < -0.4 is 10.1 Å². The highest BCUT2D eigenvalue weighted by Gasteiger charge is 2.17. The number of hydrogen-bond acceptors (Lipinski definition) is 4. The van der Waals surface area contributed by atoms with E-state index in [0.717, 1.165) is 5.56 Å². The highest BCUT2D eigenvalue weighted by Crippen LogP contribution is 2.24. The molecule has 0 radical (unpaired) electrons. The van der Waals surface area contributed by atoms with E-state index >= 15 is 0 Å². The van der Waals surface area contributed by atoms with E-state index in [1.54, 1.807) is 54.9 Å². The second kappa shape index (κ2) is 8.27. The summed E-state index contributed by atoms with van der Waals surface area (Å²) in [6.45, 7) is 0.297. The topological polar surface area (TPSA) is 68.3 Å². The zero-order chi connectivity index (χ0) is 18.4. The summed E-state index contributed by atoms with van der Waals surface area (Å²) < 4.78 is 5.39. The standard InChI is InChI=1S/C20H15ClN2O3/c21-16-8-9-18(26-20(25)15-6-2-1-3-7-15)17(11-16)19(24)23-13-14-5-4-10-22-12-14/h1-12H,13H2,(H,23,24). The molecule has 5 nitrogen and oxygen atoms in total. The number of pyridine rings is 1. The summed E-state index contributed by atoms with van der Waals surface area (Å²) in [5.41, 5.74) is 1.43. The first-order valence-electron chi connectivity index (χ1n) is 7.87. The molecule has 1 aromatic heterocycles. The van der Waals surface area contributed by atoms with Gasteiger partial charge >= 0.3 is 5.97 Å². The van der Waals surface area contributed by atoms with Crippen LogP contribution >= 0.6 is 11.6 Å². The van der Waals surface area contributed by atoms with Crippen molar-refractivity contribution in [3.05, 3.63) is 94.8 Å². The van der Waals surface area contributed by atoms with E-state index < -0.39 is 11.9 Å². The fourth-order valence-electron chi connectivity index (χ4n) is 2.28. The zero-order valence-corrected chi connectivity index (χ0v) is 14.4. The monoisotopic (exact) mass is 366 g/mol. The third-order valence-corrected chi connectivity index (χ3v) is 3.81. The largest absolute Gasteiger partial charge is 0.422 e. The molecule has 0 aliphatic rings. The molecule has 0 spiro atoms. The van der Waals surface area contributed by atoms with Gasteiger partial charge in [0.15, 0.2) is 0 Å². The normalized spacial score (nSPS) is 10.2. The number of amides is 1. The molecule has 0 aliphatic carbocycles. The summed E-state index contributed by atoms with van der Waals surface area (Å²) in [5.74, 6) is -0.798. The van der Waals surface area contributed by atoms with Crippen molar-refractivity contribution in [3.8, 4) is 5.75 Å². The number of carbonyl (C=O) groups excluding carboxylic acids is 2. The average Bonchev–Trinajstić information content (AvgIpc) is 2.69. The van der Waals surface area contributed by atoms with Gasteiger partial charge in [0.2, 0.25) is 0 Å². The van der Waals surface area contributed by atoms with Gasteiger partial charge in [-0.25, -0.2) is 4.79 Å². The third-order valence-electron chi connectivity index (χ3n) is 3.57. The minimum atomic E-state index is -0.547. The van der Waals surface area contributed by atoms with Crippen molar-refractivity contribution >= 4 is 23.5 Å². The SMILES string of the molecule is O=C(Oc1ccc(Cl)cc1C(=O)NCc1cccnc1)c1ccccc1. The Morgan fingerprint density at radius 3 is 2.58 bits per heavy atom. The van der Waals surface area contributed by atoms with Crippen molar-refractivity contribution in [2.45, 2.75) is 6.54 Å². The van der Waals surface area contributed by atoms with Gasteiger partial charge < -0.3 is 10.1 Å². The van der Waals surface area contributed by atoms with E-state index in [-0.39, 0.29) is 11.3 Å². The predicted octanol–water partition coefficient (Wildman–Crippen LogP) is 3.88. The quantitative estimate of drug-likeness (QED) is 0.549. The van der Waals surface area contributed by atoms with Crippen LogP contribution in [0.4, 0.5) is 0 Å². The summed E-state index contributed by atoms with van der Waals surface area (Å²) in [6, 6.07) is 16.7. The summed E-state index contributed by atoms with van der Waals surface area (Å²) in [7, 11) is 0. The first-order valence-corrected chi connectivity index (χ1v) is 8.25. The molecule has 2 aromatic carbocycles. The Bertz CT molecular complexity index is 915. The number of benzene rings is 2. The lowest BCUT2D eigenvalue weighted by atomic mass is 10.1. The molecule has 0 fully saturated rings. The minimum absolute atomic E-state index is 0.145. The van der Waals surface area contributed by atoms with Crippen LogP contribution in [0.1, 0.15) is 26.3 Å². The van der Waals surface area contributed by atoms with E-state index in [1.807, 2.05) is 6.07 Å². The number of halogens is 1. The van der Waals surface area contributed by atoms with Crippen LogP contribution in [0.3, 0.4) is 0 Å². The smallest absolute Gasteiger partial charge is 0.343 e. The van der Waals surface area contributed by atoms with Gasteiger partial charge in [0.05, 0.1) is 11.1 Å². The lowest BCUT2D eigenvalue weighted by Crippen LogP contribution is -2.24. The zero-order valence-electron chi connectivity index (χ0n) is 13.7. The molecule has 1 heterocycles. The molecule has 0 saturated heterocycles. The molecule has 3 rings (SSSR count). The lowest BCUT2D eigenvalue weighted by Gasteiger charge is -2.11. The third kappa shape index (κ3) is 4.46. The molecule has 130 valence electrons. The molecule has 1 amide bonds. The maximum Gasteiger partial charge on any atom is 0.343 e. The van der Waals surface area contributed by atoms with Crippen LogP contribution in [-0.4, -0.2) is 16.9 Å². The Morgan fingerprint density at radius 2 is 1.85 bits per heavy atom. The summed E-state index contributed by atoms with van der Waals surface area (Å²) in [5, 5.41) is 3.14. The molecule has 0 saturated carbocycles. The first-order chi connectivity index (χ1) is 12.6. The van der Waals surface area contributed by atoms with Gasteiger partial charge in [0.25, 0.3) is 5.91 Å². The van der Waals surface area contributed by atoms with Crippen LogP contribution in [-0.2, 0) is 6.54 Å². The molecular formula is C20H15ClN2O3. The van der Waals surface area contributed by atoms with Crippen LogP contribution in [0, 0.1) is 0 Å². The summed E-state index contributed by atoms with van der Waals surface area (Å²) in [6.07, 6.45) is 3.32. The number of nitrogens with one attached hydrogen (secondary N) is 1. The van der Waals surface area contributed by atoms with Gasteiger partial charge in [-0.05, 0) is 42.0 Å². The van der Waals surface area contributed by atoms with Crippen molar-refractivity contribution in [3.63, 3.8) is 0 Å². The molecule has 3 aromatic rings. The molecule has 1 N–H and O–H groups in total. The molecule has 26 heavy (non-hydrogen) atoms. The Labute approximate surface area is 155 Å². The fourth-order valence-corrected chi connectivity index (χ4v) is 2.45. The van der Waals surface area contributed by atoms with E-state index in [2.05, 4.69) is 10.3 Å². The molecular weight excluding hydrogens is 352 g/mol. The van der Waals surface area contributed by atoms with E-state index in [4.69, 9.17) is 16.3 Å². The Kier molecular flexibility index (Phi) is 5.61. The second-order valence-electron chi connectivity index (χ2n) is 5.44. The lowest BCUT2D eigenvalue weighted by molar-refractivity contribution is 0.0732. The highest BCUT2D eigenvalue weighted by atomic mass is 35.5. The van der Waals surface area contributed by atoms with Crippen molar-refractivity contribution < 1.29 is 14.3 Å². The number of hydrogen-bond donors (Lipinski definition) is 1. The molecule has 0 aliphatic heterocycles. The van der Waals surface area contributed by atoms with Crippen LogP contribution in [0.2, 0.25) is 5.02 Å². The van der Waals surface area contributed by atoms with Crippen LogP contribution in [0.25, 0.3) is 0 Å². The number of esters is 1. The van der Waals surface area contributed by atoms with Crippen molar-refractivity contribution in [2.75, 3.05) is 0 Å². The maximum atomic E-state index is 12.5. The van der Waals surface area contributed by atoms with Crippen molar-refractivity contribution in [2.24, 2.45) is 0 Å². The average molecular weight is 367 g/mol. The Hall–Kier alpha value is -3.18. The van der Waals surface area contributed by atoms with Gasteiger partial charge in [-0.15, -0.1) is 0 Å². The van der Waals surface area contributed by atoms with Gasteiger partial charge in [0.1, 0.15) is 5.75 Å². The second-order valence-corrected chi connectivity index (χ2v) is 5.88. The highest BCUT2D eigenvalue weighted by molar-refractivity contribution is 6.31. The minimum Gasteiger partial charge on any atom is -0.422 e. The van der Waals surface area contributed by atoms with Crippen molar-refractivity contribution in [1.29, 1.82) is 0 Å². The van der Waals surface area contributed by atoms with Crippen LogP contribution in [0.5, 0.6) is 5.75 Å². The van der Waals surface area contributed by atoms with E-state index in [0.29, 0.717) is 17.1 Å². The van der Waals surface area contributed by atoms with Gasteiger partial charge in [-0.3, -0.25) is 9.78 Å². The predicted molar refractivity (Wildman–Crippen MR) is 98.3 cm³/mol. The number of aromatic nitrogens is 1. The van der Waals surface area contributed by atoms with Crippen molar-refractivity contribution in [1.82, 2.24) is 10.3 Å². The summed E-state index contributed by atoms with van der Waals surface area (Å²) >= 11 is 6.00. The Balaban J connectivity index is 1.77. The summed E-state index contributed by atoms with van der Waals surface area (Å²) in [4.78, 5) is 28.8. The number of rotatable bonds is 5. The molecule has 6 heteroatoms. The first kappa shape index (κ1) is 17.6. The number of carbonyl (C=O) groups is 2. The number of nitrogens with zero attached hydrogens (tertiary/aromatic N) is 1. The van der Waals surface area contributed by atoms with Gasteiger partial charge in [-0.1, -0.05) is 35.9 Å². The van der Waals surface area contributed by atoms with Crippen LogP contribution in [0.15, 0.2) is 73.1 Å². The van der Waals surface area contributed by atoms with E-state index in [9.17, 15) is 9.59 Å². The molecule has 0 unspecified atom stereocenters. The maximum absolute atomic E-state index is 12.5. The van der Waals surface area contributed by atoms with E-state index in [1.165, 1.54) is 12.1 Å².